The Morgan fingerprint density at radius 2 is 1.80 bits per heavy atom. The van der Waals surface area contributed by atoms with Crippen molar-refractivity contribution in [3.8, 4) is 0 Å². The van der Waals surface area contributed by atoms with Crippen LogP contribution in [-0.4, -0.2) is 64.4 Å². The Bertz CT molecular complexity index is 660. The molecule has 3 aliphatic rings. The van der Waals surface area contributed by atoms with E-state index in [1.807, 2.05) is 7.05 Å². The highest BCUT2D eigenvalue weighted by molar-refractivity contribution is 14.0. The summed E-state index contributed by atoms with van der Waals surface area (Å²) in [5.41, 5.74) is 0. The number of guanidine groups is 1. The van der Waals surface area contributed by atoms with E-state index in [0.717, 1.165) is 50.2 Å². The Balaban J connectivity index is 0.00000256. The second kappa shape index (κ2) is 12.2. The minimum atomic E-state index is 0. The Labute approximate surface area is 198 Å². The maximum absolute atomic E-state index is 4.44. The SMILES string of the molecule is CN=C(NCCCc1nnc2n1CCCCC2)NC1CCN(C2CCCC2)CC1.I. The van der Waals surface area contributed by atoms with Crippen LogP contribution in [0.2, 0.25) is 0 Å². The predicted molar refractivity (Wildman–Crippen MR) is 133 cm³/mol. The van der Waals surface area contributed by atoms with Gasteiger partial charge in [0.15, 0.2) is 5.96 Å². The molecule has 0 unspecified atom stereocenters. The van der Waals surface area contributed by atoms with Gasteiger partial charge in [0.1, 0.15) is 11.6 Å². The lowest BCUT2D eigenvalue weighted by Gasteiger charge is -2.36. The molecule has 2 aliphatic heterocycles. The van der Waals surface area contributed by atoms with Crippen LogP contribution >= 0.6 is 24.0 Å². The normalized spacial score (nSPS) is 21.7. The molecule has 1 aromatic rings. The fourth-order valence-corrected chi connectivity index (χ4v) is 5.25. The first-order valence-corrected chi connectivity index (χ1v) is 12.0. The van der Waals surface area contributed by atoms with Crippen LogP contribution in [0.25, 0.3) is 0 Å². The second-order valence-corrected chi connectivity index (χ2v) is 8.99. The van der Waals surface area contributed by atoms with Crippen molar-refractivity contribution in [2.75, 3.05) is 26.7 Å². The van der Waals surface area contributed by atoms with Gasteiger partial charge in [-0.1, -0.05) is 19.3 Å². The maximum Gasteiger partial charge on any atom is 0.191 e. The summed E-state index contributed by atoms with van der Waals surface area (Å²) in [5.74, 6) is 3.29. The number of halogens is 1. The Hall–Kier alpha value is -0.900. The number of hydrogen-bond acceptors (Lipinski definition) is 4. The molecule has 7 nitrogen and oxygen atoms in total. The fourth-order valence-electron chi connectivity index (χ4n) is 5.25. The summed E-state index contributed by atoms with van der Waals surface area (Å²) in [6.07, 6.45) is 15.1. The Morgan fingerprint density at radius 1 is 1.00 bits per heavy atom. The van der Waals surface area contributed by atoms with Crippen LogP contribution in [0, 0.1) is 0 Å². The highest BCUT2D eigenvalue weighted by atomic mass is 127. The minimum absolute atomic E-state index is 0. The average Bonchev–Trinajstić information content (AvgIpc) is 3.36. The van der Waals surface area contributed by atoms with Crippen molar-refractivity contribution in [3.63, 3.8) is 0 Å². The van der Waals surface area contributed by atoms with Gasteiger partial charge in [0.2, 0.25) is 0 Å². The van der Waals surface area contributed by atoms with Crippen molar-refractivity contribution in [1.82, 2.24) is 30.3 Å². The van der Waals surface area contributed by atoms with E-state index in [1.54, 1.807) is 0 Å². The summed E-state index contributed by atoms with van der Waals surface area (Å²) in [6.45, 7) is 4.48. The quantitative estimate of drug-likeness (QED) is 0.257. The molecule has 1 saturated heterocycles. The van der Waals surface area contributed by atoms with Gasteiger partial charge < -0.3 is 20.1 Å². The molecule has 170 valence electrons. The van der Waals surface area contributed by atoms with E-state index in [-0.39, 0.29) is 24.0 Å². The zero-order valence-electron chi connectivity index (χ0n) is 18.6. The maximum atomic E-state index is 4.44. The first-order chi connectivity index (χ1) is 14.3. The molecule has 2 N–H and O–H groups in total. The standard InChI is InChI=1S/C22H39N7.HI/c1-23-22(25-18-12-16-28(17-13-18)19-8-4-5-9-19)24-14-7-11-21-27-26-20-10-3-2-6-15-29(20)21;/h18-19H,2-17H2,1H3,(H2,23,24,25);1H. The van der Waals surface area contributed by atoms with Crippen LogP contribution in [0.4, 0.5) is 0 Å². The van der Waals surface area contributed by atoms with E-state index >= 15 is 0 Å². The molecule has 8 heteroatoms. The number of aromatic nitrogens is 3. The summed E-state index contributed by atoms with van der Waals surface area (Å²) in [5, 5.41) is 16.0. The summed E-state index contributed by atoms with van der Waals surface area (Å²) in [6, 6.07) is 1.41. The first-order valence-electron chi connectivity index (χ1n) is 12.0. The number of piperidine rings is 1. The average molecular weight is 530 g/mol. The Kier molecular flexibility index (Phi) is 9.67. The van der Waals surface area contributed by atoms with Gasteiger partial charge in [0.25, 0.3) is 0 Å². The molecule has 0 bridgehead atoms. The van der Waals surface area contributed by atoms with Crippen LogP contribution in [0.15, 0.2) is 4.99 Å². The molecule has 30 heavy (non-hydrogen) atoms. The zero-order chi connectivity index (χ0) is 19.9. The number of likely N-dealkylation sites (tertiary alicyclic amines) is 1. The van der Waals surface area contributed by atoms with Gasteiger partial charge in [0.05, 0.1) is 0 Å². The van der Waals surface area contributed by atoms with Crippen molar-refractivity contribution in [1.29, 1.82) is 0 Å². The zero-order valence-corrected chi connectivity index (χ0v) is 20.9. The van der Waals surface area contributed by atoms with E-state index in [9.17, 15) is 0 Å². The van der Waals surface area contributed by atoms with Crippen LogP contribution in [0.3, 0.4) is 0 Å². The van der Waals surface area contributed by atoms with Gasteiger partial charge >= 0.3 is 0 Å². The van der Waals surface area contributed by atoms with Crippen LogP contribution in [0.1, 0.15) is 75.9 Å². The number of aliphatic imine (C=N–C) groups is 1. The molecule has 2 fully saturated rings. The number of rotatable bonds is 6. The molecule has 0 atom stereocenters. The number of aryl methyl sites for hydroxylation is 2. The van der Waals surface area contributed by atoms with Gasteiger partial charge in [-0.3, -0.25) is 4.99 Å². The van der Waals surface area contributed by atoms with Crippen molar-refractivity contribution in [2.45, 2.75) is 95.7 Å². The van der Waals surface area contributed by atoms with Crippen molar-refractivity contribution < 1.29 is 0 Å². The van der Waals surface area contributed by atoms with Gasteiger partial charge in [-0.05, 0) is 44.9 Å². The molecule has 4 rings (SSSR count). The van der Waals surface area contributed by atoms with Crippen molar-refractivity contribution in [2.24, 2.45) is 4.99 Å². The van der Waals surface area contributed by atoms with Gasteiger partial charge in [-0.25, -0.2) is 0 Å². The fraction of sp³-hybridized carbons (Fsp3) is 0.864. The van der Waals surface area contributed by atoms with Gasteiger partial charge in [0, 0.05) is 58.2 Å². The van der Waals surface area contributed by atoms with Crippen molar-refractivity contribution >= 4 is 29.9 Å². The molecular weight excluding hydrogens is 489 g/mol. The topological polar surface area (TPSA) is 70.4 Å². The number of nitrogens with zero attached hydrogens (tertiary/aromatic N) is 5. The van der Waals surface area contributed by atoms with Gasteiger partial charge in [-0.2, -0.15) is 0 Å². The summed E-state index contributed by atoms with van der Waals surface area (Å²) >= 11 is 0. The van der Waals surface area contributed by atoms with Crippen molar-refractivity contribution in [3.05, 3.63) is 11.6 Å². The van der Waals surface area contributed by atoms with E-state index < -0.39 is 0 Å². The molecule has 3 heterocycles. The molecule has 0 amide bonds. The number of nitrogens with one attached hydrogen (secondary N) is 2. The van der Waals surface area contributed by atoms with E-state index in [4.69, 9.17) is 0 Å². The Morgan fingerprint density at radius 3 is 2.57 bits per heavy atom. The molecule has 0 aromatic carbocycles. The third-order valence-electron chi connectivity index (χ3n) is 6.99. The predicted octanol–water partition coefficient (Wildman–Crippen LogP) is 3.13. The number of hydrogen-bond donors (Lipinski definition) is 2. The van der Waals surface area contributed by atoms with E-state index in [0.29, 0.717) is 6.04 Å². The summed E-state index contributed by atoms with van der Waals surface area (Å²) < 4.78 is 2.36. The second-order valence-electron chi connectivity index (χ2n) is 8.99. The molecule has 1 aromatic heterocycles. The van der Waals surface area contributed by atoms with Crippen LogP contribution in [0.5, 0.6) is 0 Å². The van der Waals surface area contributed by atoms with Gasteiger partial charge in [-0.15, -0.1) is 34.2 Å². The summed E-state index contributed by atoms with van der Waals surface area (Å²) in [7, 11) is 1.88. The van der Waals surface area contributed by atoms with E-state index in [1.165, 1.54) is 76.7 Å². The summed E-state index contributed by atoms with van der Waals surface area (Å²) in [4.78, 5) is 7.17. The molecule has 0 spiro atoms. The molecule has 1 aliphatic carbocycles. The molecular formula is C22H40IN7. The lowest BCUT2D eigenvalue weighted by molar-refractivity contribution is 0.150. The van der Waals surface area contributed by atoms with Crippen LogP contribution in [-0.2, 0) is 19.4 Å². The highest BCUT2D eigenvalue weighted by Crippen LogP contribution is 2.26. The lowest BCUT2D eigenvalue weighted by Crippen LogP contribution is -2.50. The van der Waals surface area contributed by atoms with E-state index in [2.05, 4.69) is 35.3 Å². The minimum Gasteiger partial charge on any atom is -0.356 e. The third-order valence-corrected chi connectivity index (χ3v) is 6.99. The highest BCUT2D eigenvalue weighted by Gasteiger charge is 2.27. The molecule has 1 saturated carbocycles. The first kappa shape index (κ1) is 23.8. The molecule has 0 radical (unpaired) electrons. The lowest BCUT2D eigenvalue weighted by atomic mass is 10.0. The largest absolute Gasteiger partial charge is 0.356 e. The number of fused-ring (bicyclic) bond motifs is 1. The monoisotopic (exact) mass is 529 g/mol. The smallest absolute Gasteiger partial charge is 0.191 e. The van der Waals surface area contributed by atoms with Crippen LogP contribution < -0.4 is 10.6 Å². The third kappa shape index (κ3) is 6.31.